The lowest BCUT2D eigenvalue weighted by Crippen LogP contribution is -2.42. The maximum absolute atomic E-state index is 13.1. The maximum Gasteiger partial charge on any atom is 0.523 e. The van der Waals surface area contributed by atoms with Crippen molar-refractivity contribution in [1.29, 1.82) is 0 Å². The van der Waals surface area contributed by atoms with Gasteiger partial charge in [0.2, 0.25) is 4.38 Å². The highest BCUT2D eigenvalue weighted by Gasteiger charge is 2.54. The van der Waals surface area contributed by atoms with Gasteiger partial charge in [0.25, 0.3) is 11.1 Å². The number of ether oxygens (including phenoxy) is 8. The quantitative estimate of drug-likeness (QED) is 0.130. The van der Waals surface area contributed by atoms with Crippen molar-refractivity contribution in [2.45, 2.75) is 97.0 Å². The maximum atomic E-state index is 13.1. The van der Waals surface area contributed by atoms with E-state index in [1.54, 1.807) is 13.2 Å². The van der Waals surface area contributed by atoms with Crippen molar-refractivity contribution >= 4 is 74.6 Å². The van der Waals surface area contributed by atoms with E-state index >= 15 is 0 Å². The summed E-state index contributed by atoms with van der Waals surface area (Å²) < 4.78 is 84.1. The van der Waals surface area contributed by atoms with Crippen LogP contribution in [0.15, 0.2) is 22.2 Å². The van der Waals surface area contributed by atoms with Gasteiger partial charge in [-0.15, -0.1) is 13.2 Å². The van der Waals surface area contributed by atoms with E-state index in [1.165, 1.54) is 43.4 Å². The summed E-state index contributed by atoms with van der Waals surface area (Å²) in [6.07, 6.45) is -10.8. The molecule has 2 saturated heterocycles. The van der Waals surface area contributed by atoms with Crippen molar-refractivity contribution in [3.05, 3.63) is 45.0 Å². The van der Waals surface area contributed by atoms with Gasteiger partial charge in [-0.2, -0.15) is 0 Å². The first kappa shape index (κ1) is 45.6. The summed E-state index contributed by atoms with van der Waals surface area (Å²) in [7, 11) is 0. The Balaban J connectivity index is 0.000000228. The molecule has 6 heterocycles. The van der Waals surface area contributed by atoms with Gasteiger partial charge >= 0.3 is 30.2 Å². The number of alkyl halides is 3. The Kier molecular flexibility index (Phi) is 14.3. The molecule has 22 nitrogen and oxygen atoms in total. The zero-order valence-corrected chi connectivity index (χ0v) is 34.2. The summed E-state index contributed by atoms with van der Waals surface area (Å²) >= 11 is 6.38. The number of aryl methyl sites for hydroxylation is 2. The number of esters is 4. The number of carbonyl (C=O) groups excluding carboxylic acids is 4. The van der Waals surface area contributed by atoms with E-state index in [1.807, 2.05) is 0 Å². The molecule has 60 heavy (non-hydrogen) atoms. The van der Waals surface area contributed by atoms with Crippen LogP contribution in [-0.4, -0.2) is 130 Å². The predicted octanol–water partition coefficient (Wildman–Crippen LogP) is 1.58. The minimum Gasteiger partial charge on any atom is -0.466 e. The highest BCUT2D eigenvalue weighted by atomic mass is 32.2. The van der Waals surface area contributed by atoms with Gasteiger partial charge < -0.3 is 43.1 Å². The van der Waals surface area contributed by atoms with Crippen LogP contribution in [0.3, 0.4) is 0 Å². The number of thioether (sulfide) groups is 1. The number of imidazole rings is 2. The molecule has 6 rings (SSSR count). The van der Waals surface area contributed by atoms with Crippen molar-refractivity contribution in [3.63, 3.8) is 0 Å². The predicted molar refractivity (Wildman–Crippen MR) is 200 cm³/mol. The summed E-state index contributed by atoms with van der Waals surface area (Å²) in [5, 5.41) is 0. The Labute approximate surface area is 344 Å². The largest absolute Gasteiger partial charge is 0.523 e. The molecule has 2 N–H and O–H groups in total. The van der Waals surface area contributed by atoms with Crippen LogP contribution < -0.4 is 11.1 Å². The SMILES string of the molecule is CC(=O)OC[C@H]1O[C@@H](n2cnc3c(=O)[nH]c(C)nc32)C(OC(F)(F)F)[C@H]1OC(C)=O.CSC(=S)OC1[C@@H](OC(C)=O)[C@@H](COC(C)=O)O[C@H]1n1cnc2c(=O)[nH]c(C)nc21. The van der Waals surface area contributed by atoms with Gasteiger partial charge in [-0.1, -0.05) is 11.8 Å². The van der Waals surface area contributed by atoms with Gasteiger partial charge in [0, 0.05) is 27.7 Å². The number of nitrogens with one attached hydrogen (secondary N) is 2. The first-order valence-electron chi connectivity index (χ1n) is 17.5. The number of carbonyl (C=O) groups is 4. The lowest BCUT2D eigenvalue weighted by Gasteiger charge is -2.25. The number of thiocarbonyl (C=S) groups is 1. The van der Waals surface area contributed by atoms with Gasteiger partial charge in [-0.25, -0.2) is 19.9 Å². The molecular weight excluding hydrogens is 854 g/mol. The summed E-state index contributed by atoms with van der Waals surface area (Å²) in [4.78, 5) is 91.3. The van der Waals surface area contributed by atoms with Crippen LogP contribution in [0, 0.1) is 13.8 Å². The molecule has 0 amide bonds. The number of rotatable bonds is 10. The molecule has 2 unspecified atom stereocenters. The van der Waals surface area contributed by atoms with E-state index in [4.69, 9.17) is 45.4 Å². The van der Waals surface area contributed by atoms with Crippen LogP contribution in [0.1, 0.15) is 51.8 Å². The Hall–Kier alpha value is -5.51. The first-order chi connectivity index (χ1) is 28.2. The number of hydrogen-bond acceptors (Lipinski definition) is 20. The highest BCUT2D eigenvalue weighted by Crippen LogP contribution is 2.39. The average molecular weight is 891 g/mol. The molecule has 27 heteroatoms. The molecule has 0 aromatic carbocycles. The third kappa shape index (κ3) is 10.8. The Bertz CT molecular complexity index is 2390. The lowest BCUT2D eigenvalue weighted by molar-refractivity contribution is -0.355. The zero-order chi connectivity index (χ0) is 44.2. The van der Waals surface area contributed by atoms with E-state index < -0.39 is 97.0 Å². The standard InChI is InChI=1S/C17H20N4O7S2.C16H17F3N4O7/c1-7-19-14-11(15(24)20-7)18-6-21(14)16-13(28-17(29)30-4)12(26-9(3)23)10(27-16)5-25-8(2)22;1-6-21-13-10(14(26)22-6)20-5-23(13)15-12(30-16(17,18)19)11(28-8(3)25)9(29-15)4-27-7(2)24/h6,10,12-13,16H,5H2,1-4H3,(H,19,20,24);5,9,11-12,15H,4H2,1-3H3,(H,21,22,26)/t10-,12+,13?,16-;9-,11+,12?,15-/m11/s1. The van der Waals surface area contributed by atoms with Gasteiger partial charge in [0.15, 0.2) is 59.2 Å². The summed E-state index contributed by atoms with van der Waals surface area (Å²) in [6.45, 7) is 7.04. The highest BCUT2D eigenvalue weighted by molar-refractivity contribution is 8.22. The molecule has 4 aromatic rings. The van der Waals surface area contributed by atoms with Crippen molar-refractivity contribution in [1.82, 2.24) is 39.0 Å². The minimum absolute atomic E-state index is 0.0632. The summed E-state index contributed by atoms with van der Waals surface area (Å²) in [6, 6.07) is 0. The van der Waals surface area contributed by atoms with Crippen LogP contribution in [0.25, 0.3) is 22.3 Å². The van der Waals surface area contributed by atoms with Crippen molar-refractivity contribution in [2.24, 2.45) is 0 Å². The number of hydrogen-bond donors (Lipinski definition) is 2. The summed E-state index contributed by atoms with van der Waals surface area (Å²) in [5.41, 5.74) is -0.827. The van der Waals surface area contributed by atoms with Crippen LogP contribution >= 0.6 is 24.0 Å². The minimum atomic E-state index is -5.11. The van der Waals surface area contributed by atoms with Crippen LogP contribution in [-0.2, 0) is 57.1 Å². The van der Waals surface area contributed by atoms with Gasteiger partial charge in [-0.3, -0.25) is 42.6 Å². The molecule has 4 aromatic heterocycles. The van der Waals surface area contributed by atoms with E-state index in [9.17, 15) is 41.9 Å². The molecule has 2 aliphatic heterocycles. The van der Waals surface area contributed by atoms with E-state index in [0.717, 1.165) is 24.7 Å². The van der Waals surface area contributed by atoms with E-state index in [-0.39, 0.29) is 39.1 Å². The molecule has 0 spiro atoms. The van der Waals surface area contributed by atoms with E-state index in [0.29, 0.717) is 5.82 Å². The van der Waals surface area contributed by atoms with E-state index in [2.05, 4.69) is 34.6 Å². The van der Waals surface area contributed by atoms with Crippen LogP contribution in [0.4, 0.5) is 13.2 Å². The molecular formula is C33H37F3N8O14S2. The van der Waals surface area contributed by atoms with Gasteiger partial charge in [-0.05, 0) is 32.3 Å². The number of H-pyrrole nitrogens is 2. The smallest absolute Gasteiger partial charge is 0.466 e. The molecule has 8 atom stereocenters. The third-order valence-corrected chi connectivity index (χ3v) is 9.42. The topological polar surface area (TPSA) is 269 Å². The second-order valence-electron chi connectivity index (χ2n) is 12.9. The van der Waals surface area contributed by atoms with Gasteiger partial charge in [0.05, 0.1) is 12.7 Å². The van der Waals surface area contributed by atoms with Crippen LogP contribution in [0.5, 0.6) is 0 Å². The molecule has 2 fully saturated rings. The zero-order valence-electron chi connectivity index (χ0n) is 32.5. The molecule has 326 valence electrons. The monoisotopic (exact) mass is 890 g/mol. The van der Waals surface area contributed by atoms with Crippen LogP contribution in [0.2, 0.25) is 0 Å². The Morgan fingerprint density at radius 3 is 1.53 bits per heavy atom. The number of halogens is 3. The number of aromatic amines is 2. The normalized spacial score (nSPS) is 23.8. The number of nitrogens with zero attached hydrogens (tertiary/aromatic N) is 6. The number of fused-ring (bicyclic) bond motifs is 2. The molecule has 0 saturated carbocycles. The second kappa shape index (κ2) is 18.8. The second-order valence-corrected chi connectivity index (χ2v) is 14.3. The Morgan fingerprint density at radius 2 is 1.15 bits per heavy atom. The first-order valence-corrected chi connectivity index (χ1v) is 19.1. The van der Waals surface area contributed by atoms with Crippen molar-refractivity contribution in [3.8, 4) is 0 Å². The average Bonchev–Trinajstić information content (AvgIpc) is 3.90. The van der Waals surface area contributed by atoms with Crippen molar-refractivity contribution in [2.75, 3.05) is 19.5 Å². The fourth-order valence-corrected chi connectivity index (χ4v) is 6.53. The van der Waals surface area contributed by atoms with Gasteiger partial charge in [0.1, 0.15) is 37.1 Å². The molecule has 0 bridgehead atoms. The third-order valence-electron chi connectivity index (χ3n) is 8.40. The lowest BCUT2D eigenvalue weighted by atomic mass is 10.1. The summed E-state index contributed by atoms with van der Waals surface area (Å²) in [5.74, 6) is -2.12. The molecule has 0 aliphatic carbocycles. The molecule has 2 aliphatic rings. The fourth-order valence-electron chi connectivity index (χ4n) is 6.21. The van der Waals surface area contributed by atoms with Crippen molar-refractivity contribution < 1.29 is 70.2 Å². The number of aromatic nitrogens is 8. The fraction of sp³-hybridized carbons (Fsp3) is 0.545. The molecule has 0 radical (unpaired) electrons. The Morgan fingerprint density at radius 1 is 0.733 bits per heavy atom.